The van der Waals surface area contributed by atoms with Gasteiger partial charge in [0.2, 0.25) is 0 Å². The summed E-state index contributed by atoms with van der Waals surface area (Å²) in [5.41, 5.74) is 1.99. The van der Waals surface area contributed by atoms with Gasteiger partial charge in [0.1, 0.15) is 17.0 Å². The fourth-order valence-corrected chi connectivity index (χ4v) is 1.72. The molecule has 5 heteroatoms. The number of aldehydes is 1. The number of aromatic amines is 1. The van der Waals surface area contributed by atoms with E-state index in [1.54, 1.807) is 0 Å². The van der Waals surface area contributed by atoms with Crippen molar-refractivity contribution in [3.8, 4) is 0 Å². The summed E-state index contributed by atoms with van der Waals surface area (Å²) in [7, 11) is 0. The summed E-state index contributed by atoms with van der Waals surface area (Å²) in [6.07, 6.45) is 4.89. The zero-order valence-corrected chi connectivity index (χ0v) is 9.88. The number of nitrogens with one attached hydrogen (secondary N) is 1. The van der Waals surface area contributed by atoms with E-state index in [1.807, 2.05) is 20.0 Å². The van der Waals surface area contributed by atoms with E-state index in [9.17, 15) is 4.79 Å². The lowest BCUT2D eigenvalue weighted by Gasteiger charge is -2.15. The first-order chi connectivity index (χ1) is 7.52. The highest BCUT2D eigenvalue weighted by molar-refractivity contribution is 6.29. The van der Waals surface area contributed by atoms with Gasteiger partial charge in [0, 0.05) is 11.6 Å². The molecule has 0 aromatic carbocycles. The summed E-state index contributed by atoms with van der Waals surface area (Å²) in [6.45, 7) is 3.77. The molecule has 0 spiro atoms. The van der Waals surface area contributed by atoms with Crippen molar-refractivity contribution < 1.29 is 4.79 Å². The molecule has 0 aliphatic carbocycles. The maximum atomic E-state index is 10.9. The lowest BCUT2D eigenvalue weighted by molar-refractivity contribution is -0.114. The van der Waals surface area contributed by atoms with E-state index in [4.69, 9.17) is 11.6 Å². The molecule has 0 fully saturated rings. The van der Waals surface area contributed by atoms with Crippen molar-refractivity contribution in [3.05, 3.63) is 23.1 Å². The van der Waals surface area contributed by atoms with Gasteiger partial charge < -0.3 is 9.78 Å². The Morgan fingerprint density at radius 2 is 2.31 bits per heavy atom. The highest BCUT2D eigenvalue weighted by atomic mass is 35.5. The summed E-state index contributed by atoms with van der Waals surface area (Å²) in [4.78, 5) is 22.2. The number of H-pyrrole nitrogens is 1. The second-order valence-electron chi connectivity index (χ2n) is 4.49. The van der Waals surface area contributed by atoms with Crippen LogP contribution in [0.5, 0.6) is 0 Å². The second-order valence-corrected chi connectivity index (χ2v) is 4.87. The molecular weight excluding hydrogens is 226 g/mol. The van der Waals surface area contributed by atoms with Gasteiger partial charge in [0.15, 0.2) is 5.65 Å². The number of halogens is 1. The Balaban J connectivity index is 2.45. The highest BCUT2D eigenvalue weighted by Gasteiger charge is 2.20. The van der Waals surface area contributed by atoms with Gasteiger partial charge in [-0.1, -0.05) is 25.4 Å². The molecule has 0 unspecified atom stereocenters. The summed E-state index contributed by atoms with van der Waals surface area (Å²) in [5, 5.41) is 0.359. The number of aromatic nitrogens is 3. The van der Waals surface area contributed by atoms with E-state index >= 15 is 0 Å². The van der Waals surface area contributed by atoms with Gasteiger partial charge in [-0.2, -0.15) is 0 Å². The predicted molar refractivity (Wildman–Crippen MR) is 62.4 cm³/mol. The lowest BCUT2D eigenvalue weighted by Crippen LogP contribution is -2.16. The van der Waals surface area contributed by atoms with Crippen molar-refractivity contribution in [1.82, 2.24) is 15.0 Å². The highest BCUT2D eigenvalue weighted by Crippen LogP contribution is 2.24. The zero-order valence-electron chi connectivity index (χ0n) is 9.12. The molecule has 0 saturated carbocycles. The topological polar surface area (TPSA) is 58.6 Å². The van der Waals surface area contributed by atoms with Gasteiger partial charge >= 0.3 is 0 Å². The molecule has 2 rings (SSSR count). The van der Waals surface area contributed by atoms with Crippen molar-refractivity contribution in [1.29, 1.82) is 0 Å². The van der Waals surface area contributed by atoms with Crippen LogP contribution in [0.25, 0.3) is 11.2 Å². The Morgan fingerprint density at radius 3 is 3.00 bits per heavy atom. The molecule has 1 N–H and O–H groups in total. The van der Waals surface area contributed by atoms with Gasteiger partial charge in [-0.25, -0.2) is 9.97 Å². The Kier molecular flexibility index (Phi) is 2.68. The third-order valence-electron chi connectivity index (χ3n) is 2.40. The monoisotopic (exact) mass is 237 g/mol. The summed E-state index contributed by atoms with van der Waals surface area (Å²) in [6, 6.07) is 0. The average Bonchev–Trinajstić information content (AvgIpc) is 2.61. The molecule has 4 nitrogen and oxygen atoms in total. The van der Waals surface area contributed by atoms with E-state index in [0.717, 1.165) is 17.4 Å². The first-order valence-electron chi connectivity index (χ1n) is 4.97. The molecule has 0 bridgehead atoms. The molecule has 2 heterocycles. The lowest BCUT2D eigenvalue weighted by atomic mass is 9.88. The third-order valence-corrected chi connectivity index (χ3v) is 2.58. The quantitative estimate of drug-likeness (QED) is 0.834. The minimum absolute atomic E-state index is 0.359. The van der Waals surface area contributed by atoms with Gasteiger partial charge in [0.05, 0.1) is 6.20 Å². The number of hydrogen-bond acceptors (Lipinski definition) is 3. The molecule has 0 atom stereocenters. The van der Waals surface area contributed by atoms with Gasteiger partial charge in [0.25, 0.3) is 0 Å². The van der Waals surface area contributed by atoms with Crippen molar-refractivity contribution in [2.75, 3.05) is 0 Å². The minimum atomic E-state index is -0.404. The largest absolute Gasteiger partial charge is 0.345 e. The molecule has 0 aliphatic rings. The molecule has 0 radical (unpaired) electrons. The number of fused-ring (bicyclic) bond motifs is 1. The van der Waals surface area contributed by atoms with Crippen LogP contribution in [0.3, 0.4) is 0 Å². The van der Waals surface area contributed by atoms with Crippen molar-refractivity contribution in [2.45, 2.75) is 20.3 Å². The Morgan fingerprint density at radius 1 is 1.56 bits per heavy atom. The fraction of sp³-hybridized carbons (Fsp3) is 0.364. The van der Waals surface area contributed by atoms with Crippen LogP contribution >= 0.6 is 11.6 Å². The van der Waals surface area contributed by atoms with Gasteiger partial charge in [-0.05, 0) is 12.0 Å². The molecule has 2 aromatic heterocycles. The van der Waals surface area contributed by atoms with Crippen molar-refractivity contribution >= 4 is 29.1 Å². The first-order valence-corrected chi connectivity index (χ1v) is 5.34. The van der Waals surface area contributed by atoms with Gasteiger partial charge in [-0.3, -0.25) is 0 Å². The maximum Gasteiger partial charge on any atom is 0.156 e. The smallest absolute Gasteiger partial charge is 0.156 e. The van der Waals surface area contributed by atoms with Crippen LogP contribution in [0, 0.1) is 5.41 Å². The van der Waals surface area contributed by atoms with Gasteiger partial charge in [-0.15, -0.1) is 0 Å². The van der Waals surface area contributed by atoms with Crippen molar-refractivity contribution in [3.63, 3.8) is 0 Å². The fourth-order valence-electron chi connectivity index (χ4n) is 1.59. The normalized spacial score (nSPS) is 11.9. The first kappa shape index (κ1) is 11.1. The molecule has 84 valence electrons. The SMILES string of the molecule is CC(C)(C=O)Cc1c[nH]c2ncc(Cl)nc12. The standard InChI is InChI=1S/C11H12ClN3O/c1-11(2,6-16)3-7-4-13-10-9(7)15-8(12)5-14-10/h4-6H,3H2,1-2H3,(H,13,14). The average molecular weight is 238 g/mol. The van der Waals surface area contributed by atoms with Crippen LogP contribution in [0.2, 0.25) is 5.15 Å². The van der Waals surface area contributed by atoms with Crippen LogP contribution in [-0.4, -0.2) is 21.2 Å². The third kappa shape index (κ3) is 2.07. The van der Waals surface area contributed by atoms with E-state index in [0.29, 0.717) is 17.2 Å². The second kappa shape index (κ2) is 3.87. The molecule has 0 aliphatic heterocycles. The molecule has 16 heavy (non-hydrogen) atoms. The van der Waals surface area contributed by atoms with Crippen LogP contribution in [0.15, 0.2) is 12.4 Å². The van der Waals surface area contributed by atoms with Crippen LogP contribution in [-0.2, 0) is 11.2 Å². The summed E-state index contributed by atoms with van der Waals surface area (Å²) < 4.78 is 0. The molecule has 0 amide bonds. The van der Waals surface area contributed by atoms with Crippen molar-refractivity contribution in [2.24, 2.45) is 5.41 Å². The minimum Gasteiger partial charge on any atom is -0.345 e. The Hall–Kier alpha value is -1.42. The van der Waals surface area contributed by atoms with Crippen LogP contribution in [0.4, 0.5) is 0 Å². The van der Waals surface area contributed by atoms with E-state index < -0.39 is 5.41 Å². The molecular formula is C11H12ClN3O. The van der Waals surface area contributed by atoms with E-state index in [-0.39, 0.29) is 0 Å². The number of rotatable bonds is 3. The summed E-state index contributed by atoms with van der Waals surface area (Å²) >= 11 is 5.80. The number of hydrogen-bond donors (Lipinski definition) is 1. The van der Waals surface area contributed by atoms with E-state index in [2.05, 4.69) is 15.0 Å². The Labute approximate surface area is 98.1 Å². The zero-order chi connectivity index (χ0) is 11.8. The predicted octanol–water partition coefficient (Wildman–Crippen LogP) is 2.38. The Bertz CT molecular complexity index is 533. The molecule has 2 aromatic rings. The summed E-state index contributed by atoms with van der Waals surface area (Å²) in [5.74, 6) is 0. The van der Waals surface area contributed by atoms with Crippen LogP contribution < -0.4 is 0 Å². The maximum absolute atomic E-state index is 10.9. The number of nitrogens with zero attached hydrogens (tertiary/aromatic N) is 2. The molecule has 0 saturated heterocycles. The van der Waals surface area contributed by atoms with Crippen LogP contribution in [0.1, 0.15) is 19.4 Å². The van der Waals surface area contributed by atoms with E-state index in [1.165, 1.54) is 6.20 Å². The number of carbonyl (C=O) groups excluding carboxylic acids is 1. The number of carbonyl (C=O) groups is 1.